The Morgan fingerprint density at radius 2 is 1.56 bits per heavy atom. The molecule has 2 aromatic carbocycles. The van der Waals surface area contributed by atoms with E-state index in [-0.39, 0.29) is 5.91 Å². The Balaban J connectivity index is 1.40. The van der Waals surface area contributed by atoms with Gasteiger partial charge in [-0.25, -0.2) is 9.97 Å². The van der Waals surface area contributed by atoms with Crippen LogP contribution in [-0.4, -0.2) is 33.9 Å². The van der Waals surface area contributed by atoms with Gasteiger partial charge < -0.3 is 10.2 Å². The summed E-state index contributed by atoms with van der Waals surface area (Å²) in [6, 6.07) is 17.8. The number of likely N-dealkylation sites (tertiary alicyclic amines) is 1. The van der Waals surface area contributed by atoms with Crippen molar-refractivity contribution < 1.29 is 4.79 Å². The molecular formula is C22H22N4O. The van der Waals surface area contributed by atoms with Crippen LogP contribution in [0.15, 0.2) is 67.0 Å². The van der Waals surface area contributed by atoms with Crippen LogP contribution in [0, 0.1) is 0 Å². The van der Waals surface area contributed by atoms with Gasteiger partial charge in [0.15, 0.2) is 0 Å². The largest absolute Gasteiger partial charge is 0.350 e. The zero-order chi connectivity index (χ0) is 18.5. The van der Waals surface area contributed by atoms with Gasteiger partial charge in [0.2, 0.25) is 5.95 Å². The van der Waals surface area contributed by atoms with Gasteiger partial charge in [-0.3, -0.25) is 4.79 Å². The van der Waals surface area contributed by atoms with E-state index in [0.29, 0.717) is 12.5 Å². The molecule has 1 saturated heterocycles. The average molecular weight is 358 g/mol. The maximum Gasteiger partial charge on any atom is 0.253 e. The number of hydrogen-bond donors (Lipinski definition) is 1. The quantitative estimate of drug-likeness (QED) is 0.749. The lowest BCUT2D eigenvalue weighted by molar-refractivity contribution is 0.0793. The van der Waals surface area contributed by atoms with E-state index >= 15 is 0 Å². The summed E-state index contributed by atoms with van der Waals surface area (Å²) < 4.78 is 0. The van der Waals surface area contributed by atoms with E-state index in [0.717, 1.165) is 42.6 Å². The lowest BCUT2D eigenvalue weighted by Crippen LogP contribution is -2.27. The molecule has 0 spiro atoms. The molecule has 0 radical (unpaired) electrons. The third-order valence-corrected chi connectivity index (χ3v) is 4.80. The Labute approximate surface area is 159 Å². The van der Waals surface area contributed by atoms with Gasteiger partial charge in [0.05, 0.1) is 0 Å². The van der Waals surface area contributed by atoms with Crippen LogP contribution in [0.4, 0.5) is 5.95 Å². The number of benzene rings is 2. The lowest BCUT2D eigenvalue weighted by Gasteiger charge is -2.15. The molecular weight excluding hydrogens is 336 g/mol. The summed E-state index contributed by atoms with van der Waals surface area (Å²) in [5, 5.41) is 3.22. The molecule has 0 unspecified atom stereocenters. The summed E-state index contributed by atoms with van der Waals surface area (Å²) in [7, 11) is 0. The highest BCUT2D eigenvalue weighted by Crippen LogP contribution is 2.20. The van der Waals surface area contributed by atoms with Gasteiger partial charge in [0.1, 0.15) is 0 Å². The lowest BCUT2D eigenvalue weighted by atomic mass is 10.1. The second-order valence-electron chi connectivity index (χ2n) is 6.71. The zero-order valence-corrected chi connectivity index (χ0v) is 15.1. The first-order valence-corrected chi connectivity index (χ1v) is 9.29. The summed E-state index contributed by atoms with van der Waals surface area (Å²) >= 11 is 0. The van der Waals surface area contributed by atoms with Crippen LogP contribution in [0.25, 0.3) is 11.1 Å². The fraction of sp³-hybridized carbons (Fsp3) is 0.227. The van der Waals surface area contributed by atoms with E-state index in [2.05, 4.69) is 27.4 Å². The van der Waals surface area contributed by atoms with E-state index in [1.54, 1.807) is 12.4 Å². The van der Waals surface area contributed by atoms with Crippen molar-refractivity contribution in [1.29, 1.82) is 0 Å². The molecule has 0 aliphatic carbocycles. The number of rotatable bonds is 5. The molecule has 5 heteroatoms. The molecule has 1 aliphatic heterocycles. The van der Waals surface area contributed by atoms with Crippen molar-refractivity contribution in [3.63, 3.8) is 0 Å². The Bertz CT molecular complexity index is 886. The zero-order valence-electron chi connectivity index (χ0n) is 15.1. The Hall–Kier alpha value is -3.21. The van der Waals surface area contributed by atoms with Gasteiger partial charge in [-0.2, -0.15) is 0 Å². The molecule has 0 saturated carbocycles. The topological polar surface area (TPSA) is 58.1 Å². The van der Waals surface area contributed by atoms with Crippen molar-refractivity contribution in [2.75, 3.05) is 18.4 Å². The highest BCUT2D eigenvalue weighted by atomic mass is 16.2. The van der Waals surface area contributed by atoms with Crippen molar-refractivity contribution in [3.05, 3.63) is 78.1 Å². The summed E-state index contributed by atoms with van der Waals surface area (Å²) in [6.45, 7) is 2.42. The van der Waals surface area contributed by atoms with E-state index in [1.165, 1.54) is 5.56 Å². The van der Waals surface area contributed by atoms with Gasteiger partial charge in [0, 0.05) is 43.2 Å². The van der Waals surface area contributed by atoms with Gasteiger partial charge in [0.25, 0.3) is 5.91 Å². The van der Waals surface area contributed by atoms with E-state index in [9.17, 15) is 4.79 Å². The van der Waals surface area contributed by atoms with E-state index < -0.39 is 0 Å². The van der Waals surface area contributed by atoms with E-state index in [1.807, 2.05) is 47.4 Å². The molecule has 3 aromatic rings. The van der Waals surface area contributed by atoms with Crippen molar-refractivity contribution in [2.24, 2.45) is 0 Å². The molecule has 5 nitrogen and oxygen atoms in total. The number of carbonyl (C=O) groups is 1. The van der Waals surface area contributed by atoms with Gasteiger partial charge in [-0.05, 0) is 36.1 Å². The van der Waals surface area contributed by atoms with Crippen LogP contribution < -0.4 is 5.32 Å². The molecule has 1 N–H and O–H groups in total. The third-order valence-electron chi connectivity index (χ3n) is 4.80. The SMILES string of the molecule is O=C(c1ccc(-c2cnc(NCc3ccccc3)nc2)cc1)N1CCCC1. The molecule has 136 valence electrons. The number of aromatic nitrogens is 2. The number of amides is 1. The fourth-order valence-corrected chi connectivity index (χ4v) is 3.25. The molecule has 1 amide bonds. The van der Waals surface area contributed by atoms with Crippen molar-refractivity contribution in [2.45, 2.75) is 19.4 Å². The minimum atomic E-state index is 0.121. The van der Waals surface area contributed by atoms with Crippen molar-refractivity contribution >= 4 is 11.9 Å². The molecule has 0 atom stereocenters. The molecule has 27 heavy (non-hydrogen) atoms. The smallest absolute Gasteiger partial charge is 0.253 e. The summed E-state index contributed by atoms with van der Waals surface area (Å²) in [5.74, 6) is 0.721. The predicted octanol–water partition coefficient (Wildman–Crippen LogP) is 3.99. The molecule has 2 heterocycles. The van der Waals surface area contributed by atoms with E-state index in [4.69, 9.17) is 0 Å². The Morgan fingerprint density at radius 3 is 2.22 bits per heavy atom. The first-order chi connectivity index (χ1) is 13.3. The minimum Gasteiger partial charge on any atom is -0.350 e. The maximum atomic E-state index is 12.4. The van der Waals surface area contributed by atoms with Crippen LogP contribution in [-0.2, 0) is 6.54 Å². The summed E-state index contributed by atoms with van der Waals surface area (Å²) in [4.78, 5) is 23.1. The monoisotopic (exact) mass is 358 g/mol. The molecule has 1 aliphatic rings. The van der Waals surface area contributed by atoms with Gasteiger partial charge >= 0.3 is 0 Å². The normalized spacial score (nSPS) is 13.6. The summed E-state index contributed by atoms with van der Waals surface area (Å²) in [6.07, 6.45) is 5.81. The second-order valence-corrected chi connectivity index (χ2v) is 6.71. The van der Waals surface area contributed by atoms with Crippen molar-refractivity contribution in [1.82, 2.24) is 14.9 Å². The number of hydrogen-bond acceptors (Lipinski definition) is 4. The molecule has 4 rings (SSSR count). The highest BCUT2D eigenvalue weighted by Gasteiger charge is 2.19. The van der Waals surface area contributed by atoms with Crippen LogP contribution in [0.2, 0.25) is 0 Å². The van der Waals surface area contributed by atoms with Crippen LogP contribution >= 0.6 is 0 Å². The fourth-order valence-electron chi connectivity index (χ4n) is 3.25. The third kappa shape index (κ3) is 4.14. The summed E-state index contributed by atoms with van der Waals surface area (Å²) in [5.41, 5.74) is 3.86. The molecule has 1 aromatic heterocycles. The highest BCUT2D eigenvalue weighted by molar-refractivity contribution is 5.94. The first kappa shape index (κ1) is 17.2. The number of nitrogens with zero attached hydrogens (tertiary/aromatic N) is 3. The molecule has 0 bridgehead atoms. The Morgan fingerprint density at radius 1 is 0.889 bits per heavy atom. The van der Waals surface area contributed by atoms with Crippen LogP contribution in [0.1, 0.15) is 28.8 Å². The second kappa shape index (κ2) is 7.99. The Kier molecular flexibility index (Phi) is 5.10. The number of carbonyl (C=O) groups excluding carboxylic acids is 1. The molecule has 1 fully saturated rings. The number of anilines is 1. The standard InChI is InChI=1S/C22H22N4O/c27-21(26-12-4-5-13-26)19-10-8-18(9-11-19)20-15-24-22(25-16-20)23-14-17-6-2-1-3-7-17/h1-3,6-11,15-16H,4-5,12-14H2,(H,23,24,25). The van der Waals surface area contributed by atoms with Crippen molar-refractivity contribution in [3.8, 4) is 11.1 Å². The van der Waals surface area contributed by atoms with Crippen LogP contribution in [0.5, 0.6) is 0 Å². The van der Waals surface area contributed by atoms with Crippen LogP contribution in [0.3, 0.4) is 0 Å². The predicted molar refractivity (Wildman–Crippen MR) is 106 cm³/mol. The average Bonchev–Trinajstić information content (AvgIpc) is 3.28. The van der Waals surface area contributed by atoms with Gasteiger partial charge in [-0.1, -0.05) is 42.5 Å². The maximum absolute atomic E-state index is 12.4. The number of nitrogens with one attached hydrogen (secondary N) is 1. The van der Waals surface area contributed by atoms with Gasteiger partial charge in [-0.15, -0.1) is 0 Å². The first-order valence-electron chi connectivity index (χ1n) is 9.29. The minimum absolute atomic E-state index is 0.121.